The summed E-state index contributed by atoms with van der Waals surface area (Å²) in [5.74, 6) is 0. The lowest BCUT2D eigenvalue weighted by Gasteiger charge is -2.27. The summed E-state index contributed by atoms with van der Waals surface area (Å²) in [5, 5.41) is 0. The molecule has 196 valence electrons. The van der Waals surface area contributed by atoms with Crippen molar-refractivity contribution in [2.24, 2.45) is 0 Å². The molecule has 2 aliphatic rings. The highest BCUT2D eigenvalue weighted by Crippen LogP contribution is 2.47. The van der Waals surface area contributed by atoms with Crippen LogP contribution >= 0.6 is 0 Å². The number of hydrogen-bond donors (Lipinski definition) is 0. The Hall–Kier alpha value is -2.87. The van der Waals surface area contributed by atoms with Gasteiger partial charge >= 0.3 is 0 Å². The molecular formula is C35H47N2+. The summed E-state index contributed by atoms with van der Waals surface area (Å²) < 4.78 is 2.56. The van der Waals surface area contributed by atoms with E-state index >= 15 is 0 Å². The molecule has 0 amide bonds. The van der Waals surface area contributed by atoms with Crippen molar-refractivity contribution in [2.75, 3.05) is 18.0 Å². The zero-order chi connectivity index (χ0) is 26.5. The third-order valence-corrected chi connectivity index (χ3v) is 8.30. The number of para-hydroxylation sites is 2. The van der Waals surface area contributed by atoms with Crippen LogP contribution in [0.5, 0.6) is 0 Å². The highest BCUT2D eigenvalue weighted by molar-refractivity contribution is 6.03. The molecule has 2 aliphatic heterocycles. The second-order valence-corrected chi connectivity index (χ2v) is 11.7. The summed E-state index contributed by atoms with van der Waals surface area (Å²) >= 11 is 0. The van der Waals surface area contributed by atoms with Gasteiger partial charge in [0.25, 0.3) is 0 Å². The van der Waals surface area contributed by atoms with E-state index in [9.17, 15) is 0 Å². The normalized spacial score (nSPS) is 19.0. The van der Waals surface area contributed by atoms with Crippen LogP contribution in [-0.4, -0.2) is 23.4 Å². The Balaban J connectivity index is 1.59. The van der Waals surface area contributed by atoms with Crippen molar-refractivity contribution in [1.29, 1.82) is 0 Å². The Kier molecular flexibility index (Phi) is 8.57. The molecule has 4 rings (SSSR count). The van der Waals surface area contributed by atoms with Crippen LogP contribution in [0.2, 0.25) is 0 Å². The van der Waals surface area contributed by atoms with Gasteiger partial charge in [0.15, 0.2) is 5.71 Å². The van der Waals surface area contributed by atoms with Crippen molar-refractivity contribution in [2.45, 2.75) is 90.9 Å². The first-order valence-corrected chi connectivity index (χ1v) is 14.5. The van der Waals surface area contributed by atoms with Gasteiger partial charge in [0.1, 0.15) is 6.54 Å². The first-order valence-electron chi connectivity index (χ1n) is 14.5. The molecule has 0 saturated heterocycles. The Morgan fingerprint density at radius 3 is 2.16 bits per heavy atom. The molecule has 2 heterocycles. The molecule has 0 bridgehead atoms. The SMILES string of the molecule is CCCCCN1\C(=C/C=C/C=C/C2=[N+](CCCCC)c3ccccc3C2(C)C)C(C)(C)c2ccccc21. The number of anilines is 1. The summed E-state index contributed by atoms with van der Waals surface area (Å²) in [4.78, 5) is 2.56. The van der Waals surface area contributed by atoms with Crippen LogP contribution in [0.3, 0.4) is 0 Å². The molecule has 0 saturated carbocycles. The summed E-state index contributed by atoms with van der Waals surface area (Å²) in [6.07, 6.45) is 18.9. The fourth-order valence-corrected chi connectivity index (χ4v) is 6.16. The molecule has 2 aromatic rings. The van der Waals surface area contributed by atoms with Gasteiger partial charge in [0.05, 0.1) is 5.41 Å². The minimum Gasteiger partial charge on any atom is -0.344 e. The number of fused-ring (bicyclic) bond motifs is 2. The molecular weight excluding hydrogens is 448 g/mol. The molecule has 0 atom stereocenters. The highest BCUT2D eigenvalue weighted by atomic mass is 15.2. The topological polar surface area (TPSA) is 6.25 Å². The monoisotopic (exact) mass is 495 g/mol. The van der Waals surface area contributed by atoms with Crippen LogP contribution in [0, 0.1) is 0 Å². The Morgan fingerprint density at radius 1 is 0.730 bits per heavy atom. The lowest BCUT2D eigenvalue weighted by atomic mass is 9.81. The van der Waals surface area contributed by atoms with Gasteiger partial charge in [-0.3, -0.25) is 0 Å². The van der Waals surface area contributed by atoms with Gasteiger partial charge in [-0.15, -0.1) is 0 Å². The lowest BCUT2D eigenvalue weighted by Crippen LogP contribution is -2.27. The van der Waals surface area contributed by atoms with Crippen molar-refractivity contribution in [3.05, 3.63) is 95.7 Å². The fourth-order valence-electron chi connectivity index (χ4n) is 6.16. The second-order valence-electron chi connectivity index (χ2n) is 11.7. The largest absolute Gasteiger partial charge is 0.344 e. The molecule has 0 spiro atoms. The van der Waals surface area contributed by atoms with Gasteiger partial charge in [0.2, 0.25) is 5.69 Å². The molecule has 0 unspecified atom stereocenters. The molecule has 0 fully saturated rings. The van der Waals surface area contributed by atoms with Crippen LogP contribution in [0.25, 0.3) is 0 Å². The first-order chi connectivity index (χ1) is 17.8. The predicted molar refractivity (Wildman–Crippen MR) is 161 cm³/mol. The molecule has 2 heteroatoms. The van der Waals surface area contributed by atoms with Crippen LogP contribution in [-0.2, 0) is 10.8 Å². The predicted octanol–water partition coefficient (Wildman–Crippen LogP) is 9.24. The molecule has 2 nitrogen and oxygen atoms in total. The second kappa shape index (κ2) is 11.7. The quantitative estimate of drug-likeness (QED) is 0.171. The average molecular weight is 496 g/mol. The minimum absolute atomic E-state index is 0.0107. The number of allylic oxidation sites excluding steroid dienone is 6. The van der Waals surface area contributed by atoms with E-state index in [-0.39, 0.29) is 10.8 Å². The van der Waals surface area contributed by atoms with Crippen molar-refractivity contribution in [3.63, 3.8) is 0 Å². The van der Waals surface area contributed by atoms with Gasteiger partial charge in [-0.25, -0.2) is 0 Å². The van der Waals surface area contributed by atoms with E-state index in [1.165, 1.54) is 72.4 Å². The zero-order valence-corrected chi connectivity index (χ0v) is 24.1. The van der Waals surface area contributed by atoms with Crippen LogP contribution in [0.4, 0.5) is 11.4 Å². The maximum absolute atomic E-state index is 2.56. The number of benzene rings is 2. The first kappa shape index (κ1) is 27.2. The summed E-state index contributed by atoms with van der Waals surface area (Å²) in [7, 11) is 0. The number of unbranched alkanes of at least 4 members (excludes halogenated alkanes) is 4. The third kappa shape index (κ3) is 5.40. The number of nitrogens with zero attached hydrogens (tertiary/aromatic N) is 2. The van der Waals surface area contributed by atoms with Crippen molar-refractivity contribution < 1.29 is 4.58 Å². The van der Waals surface area contributed by atoms with E-state index in [0.29, 0.717) is 0 Å². The summed E-state index contributed by atoms with van der Waals surface area (Å²) in [6, 6.07) is 17.9. The number of rotatable bonds is 11. The van der Waals surface area contributed by atoms with Crippen molar-refractivity contribution >= 4 is 17.1 Å². The van der Waals surface area contributed by atoms with Gasteiger partial charge in [-0.2, -0.15) is 4.58 Å². The standard InChI is InChI=1S/C35H47N2/c1-7-9-18-26-36-30-22-16-14-20-28(30)34(3,4)32(36)24-12-11-13-25-33-35(5,6)29-21-15-17-23-31(29)37(33)27-19-10-8-2/h11-17,20-25H,7-10,18-19,26-27H2,1-6H3/q+1. The molecule has 0 aromatic heterocycles. The van der Waals surface area contributed by atoms with E-state index in [4.69, 9.17) is 0 Å². The highest BCUT2D eigenvalue weighted by Gasteiger charge is 2.43. The maximum Gasteiger partial charge on any atom is 0.209 e. The van der Waals surface area contributed by atoms with E-state index in [0.717, 1.165) is 13.1 Å². The van der Waals surface area contributed by atoms with E-state index in [1.54, 1.807) is 0 Å². The average Bonchev–Trinajstić information content (AvgIpc) is 3.24. The van der Waals surface area contributed by atoms with Gasteiger partial charge < -0.3 is 4.90 Å². The summed E-state index contributed by atoms with van der Waals surface area (Å²) in [6.45, 7) is 16.2. The van der Waals surface area contributed by atoms with Gasteiger partial charge in [0, 0.05) is 47.5 Å². The zero-order valence-electron chi connectivity index (χ0n) is 24.1. The summed E-state index contributed by atoms with van der Waals surface area (Å²) in [5.41, 5.74) is 8.45. The van der Waals surface area contributed by atoms with E-state index < -0.39 is 0 Å². The van der Waals surface area contributed by atoms with Gasteiger partial charge in [-0.05, 0) is 44.4 Å². The van der Waals surface area contributed by atoms with Crippen LogP contribution < -0.4 is 4.90 Å². The Morgan fingerprint density at radius 2 is 1.41 bits per heavy atom. The van der Waals surface area contributed by atoms with Crippen LogP contribution in [0.15, 0.2) is 84.6 Å². The van der Waals surface area contributed by atoms with E-state index in [1.807, 2.05) is 0 Å². The molecule has 0 N–H and O–H groups in total. The molecule has 37 heavy (non-hydrogen) atoms. The smallest absolute Gasteiger partial charge is 0.209 e. The Labute approximate surface area is 226 Å². The molecule has 0 aliphatic carbocycles. The lowest BCUT2D eigenvalue weighted by molar-refractivity contribution is -0.438. The van der Waals surface area contributed by atoms with Crippen molar-refractivity contribution in [1.82, 2.24) is 0 Å². The van der Waals surface area contributed by atoms with Gasteiger partial charge in [-0.1, -0.05) is 102 Å². The number of hydrogen-bond acceptors (Lipinski definition) is 1. The fraction of sp³-hybridized carbons (Fsp3) is 0.457. The van der Waals surface area contributed by atoms with E-state index in [2.05, 4.69) is 130 Å². The van der Waals surface area contributed by atoms with Crippen molar-refractivity contribution in [3.8, 4) is 0 Å². The van der Waals surface area contributed by atoms with Crippen LogP contribution in [0.1, 0.15) is 91.2 Å². The molecule has 0 radical (unpaired) electrons. The minimum atomic E-state index is 0.0107. The maximum atomic E-state index is 2.56. The third-order valence-electron chi connectivity index (χ3n) is 8.30. The molecule has 2 aromatic carbocycles. The Bertz CT molecular complexity index is 1210.